The maximum absolute atomic E-state index is 11.9. The lowest BCUT2D eigenvalue weighted by Gasteiger charge is -2.11. The third-order valence-electron chi connectivity index (χ3n) is 3.64. The summed E-state index contributed by atoms with van der Waals surface area (Å²) in [6.07, 6.45) is 5.61. The molecule has 1 atom stereocenters. The molecule has 1 aromatic carbocycles. The quantitative estimate of drug-likeness (QED) is 0.857. The van der Waals surface area contributed by atoms with Crippen LogP contribution in [-0.2, 0) is 4.79 Å². The summed E-state index contributed by atoms with van der Waals surface area (Å²) < 4.78 is 0. The van der Waals surface area contributed by atoms with Gasteiger partial charge in [-0.05, 0) is 43.4 Å². The first-order chi connectivity index (χ1) is 8.65. The molecule has 1 aliphatic carbocycles. The fourth-order valence-corrected chi connectivity index (χ4v) is 2.59. The molecule has 2 rings (SSSR count). The molecular weight excluding hydrogens is 224 g/mol. The van der Waals surface area contributed by atoms with E-state index >= 15 is 0 Å². The van der Waals surface area contributed by atoms with E-state index in [0.29, 0.717) is 12.3 Å². The van der Waals surface area contributed by atoms with Crippen molar-refractivity contribution >= 4 is 11.6 Å². The third-order valence-corrected chi connectivity index (χ3v) is 3.64. The van der Waals surface area contributed by atoms with Crippen LogP contribution in [0.4, 0.5) is 5.69 Å². The number of carbonyl (C=O) groups is 1. The van der Waals surface area contributed by atoms with Gasteiger partial charge in [-0.1, -0.05) is 25.0 Å². The van der Waals surface area contributed by atoms with Gasteiger partial charge in [-0.15, -0.1) is 0 Å². The first-order valence-electron chi connectivity index (χ1n) is 6.80. The Hall–Kier alpha value is -1.35. The van der Waals surface area contributed by atoms with Crippen molar-refractivity contribution in [2.45, 2.75) is 45.1 Å². The molecule has 0 aromatic heterocycles. The summed E-state index contributed by atoms with van der Waals surface area (Å²) in [6.45, 7) is 1.94. The Balaban J connectivity index is 1.91. The summed E-state index contributed by atoms with van der Waals surface area (Å²) >= 11 is 0. The number of carbonyl (C=O) groups excluding carboxylic acids is 1. The van der Waals surface area contributed by atoms with E-state index in [4.69, 9.17) is 5.73 Å². The molecule has 1 aliphatic rings. The monoisotopic (exact) mass is 246 g/mol. The third kappa shape index (κ3) is 3.57. The molecule has 0 heterocycles. The van der Waals surface area contributed by atoms with E-state index in [-0.39, 0.29) is 11.9 Å². The summed E-state index contributed by atoms with van der Waals surface area (Å²) in [5, 5.41) is 2.97. The predicted molar refractivity (Wildman–Crippen MR) is 74.2 cm³/mol. The smallest absolute Gasteiger partial charge is 0.224 e. The highest BCUT2D eigenvalue weighted by Crippen LogP contribution is 2.27. The molecule has 3 heteroatoms. The van der Waals surface area contributed by atoms with Crippen molar-refractivity contribution in [3.8, 4) is 0 Å². The number of anilines is 1. The highest BCUT2D eigenvalue weighted by Gasteiger charge is 2.18. The zero-order chi connectivity index (χ0) is 13.0. The standard InChI is InChI=1S/C15H22N2O/c1-11(16)13-7-4-8-14(10-13)17-15(18)9-12-5-2-3-6-12/h4,7-8,10-12H,2-3,5-6,9,16H2,1H3,(H,17,18). The average Bonchev–Trinajstić information content (AvgIpc) is 2.82. The molecule has 0 spiro atoms. The van der Waals surface area contributed by atoms with Crippen molar-refractivity contribution in [2.24, 2.45) is 11.7 Å². The first-order valence-corrected chi connectivity index (χ1v) is 6.80. The van der Waals surface area contributed by atoms with Crippen LogP contribution >= 0.6 is 0 Å². The van der Waals surface area contributed by atoms with E-state index < -0.39 is 0 Å². The molecule has 98 valence electrons. The number of amides is 1. The fourth-order valence-electron chi connectivity index (χ4n) is 2.59. The van der Waals surface area contributed by atoms with E-state index in [1.165, 1.54) is 25.7 Å². The van der Waals surface area contributed by atoms with E-state index in [2.05, 4.69) is 5.32 Å². The second kappa shape index (κ2) is 6.01. The number of rotatable bonds is 4. The molecule has 1 fully saturated rings. The molecule has 3 nitrogen and oxygen atoms in total. The lowest BCUT2D eigenvalue weighted by molar-refractivity contribution is -0.117. The van der Waals surface area contributed by atoms with Crippen molar-refractivity contribution in [1.29, 1.82) is 0 Å². The van der Waals surface area contributed by atoms with Crippen LogP contribution in [0, 0.1) is 5.92 Å². The van der Waals surface area contributed by atoms with Gasteiger partial charge in [0.25, 0.3) is 0 Å². The normalized spacial score (nSPS) is 17.7. The van der Waals surface area contributed by atoms with Crippen molar-refractivity contribution in [3.63, 3.8) is 0 Å². The van der Waals surface area contributed by atoms with Crippen molar-refractivity contribution < 1.29 is 4.79 Å². The van der Waals surface area contributed by atoms with Crippen LogP contribution in [0.5, 0.6) is 0 Å². The molecule has 0 saturated heterocycles. The fraction of sp³-hybridized carbons (Fsp3) is 0.533. The van der Waals surface area contributed by atoms with Crippen molar-refractivity contribution in [3.05, 3.63) is 29.8 Å². The van der Waals surface area contributed by atoms with Crippen molar-refractivity contribution in [2.75, 3.05) is 5.32 Å². The second-order valence-electron chi connectivity index (χ2n) is 5.32. The lowest BCUT2D eigenvalue weighted by Crippen LogP contribution is -2.15. The molecule has 1 unspecified atom stereocenters. The largest absolute Gasteiger partial charge is 0.326 e. The van der Waals surface area contributed by atoms with Crippen LogP contribution in [0.25, 0.3) is 0 Å². The Morgan fingerprint density at radius 1 is 1.44 bits per heavy atom. The number of nitrogens with two attached hydrogens (primary N) is 1. The average molecular weight is 246 g/mol. The van der Waals surface area contributed by atoms with Gasteiger partial charge in [-0.2, -0.15) is 0 Å². The number of hydrogen-bond donors (Lipinski definition) is 2. The zero-order valence-electron chi connectivity index (χ0n) is 11.0. The summed E-state index contributed by atoms with van der Waals surface area (Å²) in [5.74, 6) is 0.713. The van der Waals surface area contributed by atoms with Gasteiger partial charge in [0.1, 0.15) is 0 Å². The van der Waals surface area contributed by atoms with Gasteiger partial charge in [0, 0.05) is 18.2 Å². The zero-order valence-corrected chi connectivity index (χ0v) is 11.0. The molecule has 1 aromatic rings. The Kier molecular flexibility index (Phi) is 4.37. The Bertz CT molecular complexity index is 409. The molecule has 0 bridgehead atoms. The number of hydrogen-bond acceptors (Lipinski definition) is 2. The van der Waals surface area contributed by atoms with E-state index in [9.17, 15) is 4.79 Å². The Morgan fingerprint density at radius 2 is 2.17 bits per heavy atom. The van der Waals surface area contributed by atoms with Gasteiger partial charge in [0.15, 0.2) is 0 Å². The van der Waals surface area contributed by atoms with Gasteiger partial charge in [-0.3, -0.25) is 4.79 Å². The van der Waals surface area contributed by atoms with E-state index in [0.717, 1.165) is 11.3 Å². The highest BCUT2D eigenvalue weighted by molar-refractivity contribution is 5.90. The summed E-state index contributed by atoms with van der Waals surface area (Å²) in [4.78, 5) is 11.9. The SMILES string of the molecule is CC(N)c1cccc(NC(=O)CC2CCCC2)c1. The van der Waals surface area contributed by atoms with Crippen LogP contribution in [0.1, 0.15) is 50.6 Å². The number of benzene rings is 1. The van der Waals surface area contributed by atoms with Gasteiger partial charge >= 0.3 is 0 Å². The lowest BCUT2D eigenvalue weighted by atomic mass is 10.0. The maximum Gasteiger partial charge on any atom is 0.224 e. The van der Waals surface area contributed by atoms with Crippen LogP contribution < -0.4 is 11.1 Å². The van der Waals surface area contributed by atoms with E-state index in [1.54, 1.807) is 0 Å². The number of nitrogens with one attached hydrogen (secondary N) is 1. The minimum atomic E-state index is -0.00307. The predicted octanol–water partition coefficient (Wildman–Crippen LogP) is 3.23. The molecular formula is C15H22N2O. The second-order valence-corrected chi connectivity index (χ2v) is 5.32. The Labute approximate surface area is 109 Å². The minimum Gasteiger partial charge on any atom is -0.326 e. The van der Waals surface area contributed by atoms with Gasteiger partial charge < -0.3 is 11.1 Å². The van der Waals surface area contributed by atoms with Crippen LogP contribution in [0.2, 0.25) is 0 Å². The first kappa shape index (κ1) is 13.1. The summed E-state index contributed by atoms with van der Waals surface area (Å²) in [6, 6.07) is 7.79. The van der Waals surface area contributed by atoms with Gasteiger partial charge in [0.2, 0.25) is 5.91 Å². The van der Waals surface area contributed by atoms with Gasteiger partial charge in [0.05, 0.1) is 0 Å². The molecule has 18 heavy (non-hydrogen) atoms. The Morgan fingerprint density at radius 3 is 2.83 bits per heavy atom. The van der Waals surface area contributed by atoms with Crippen LogP contribution in [-0.4, -0.2) is 5.91 Å². The molecule has 0 aliphatic heterocycles. The highest BCUT2D eigenvalue weighted by atomic mass is 16.1. The van der Waals surface area contributed by atoms with Crippen molar-refractivity contribution in [1.82, 2.24) is 0 Å². The van der Waals surface area contributed by atoms with E-state index in [1.807, 2.05) is 31.2 Å². The molecule has 1 saturated carbocycles. The molecule has 3 N–H and O–H groups in total. The molecule has 0 radical (unpaired) electrons. The summed E-state index contributed by atoms with van der Waals surface area (Å²) in [7, 11) is 0. The van der Waals surface area contributed by atoms with Crippen LogP contribution in [0.15, 0.2) is 24.3 Å². The maximum atomic E-state index is 11.9. The topological polar surface area (TPSA) is 55.1 Å². The summed E-state index contributed by atoms with van der Waals surface area (Å²) in [5.41, 5.74) is 7.74. The van der Waals surface area contributed by atoms with Crippen LogP contribution in [0.3, 0.4) is 0 Å². The molecule has 1 amide bonds. The minimum absolute atomic E-state index is 0.00307. The van der Waals surface area contributed by atoms with Gasteiger partial charge in [-0.25, -0.2) is 0 Å².